The van der Waals surface area contributed by atoms with E-state index in [-0.39, 0.29) is 10.8 Å². The van der Waals surface area contributed by atoms with Crippen LogP contribution in [0.2, 0.25) is 0 Å². The first-order chi connectivity index (χ1) is 14.7. The first kappa shape index (κ1) is 24.6. The number of hydrogen-bond acceptors (Lipinski definition) is 5. The molecule has 0 heterocycles. The van der Waals surface area contributed by atoms with Crippen molar-refractivity contribution in [2.75, 3.05) is 0 Å². The van der Waals surface area contributed by atoms with Gasteiger partial charge in [0.25, 0.3) is 0 Å². The summed E-state index contributed by atoms with van der Waals surface area (Å²) in [7, 11) is -9.10. The van der Waals surface area contributed by atoms with Gasteiger partial charge in [-0.1, -0.05) is 25.5 Å². The van der Waals surface area contributed by atoms with E-state index in [2.05, 4.69) is 24.0 Å². The Balaban J connectivity index is 1.55. The lowest BCUT2D eigenvalue weighted by atomic mass is 9.47. The Labute approximate surface area is 189 Å². The van der Waals surface area contributed by atoms with E-state index in [0.29, 0.717) is 29.9 Å². The first-order valence-corrected chi connectivity index (χ1v) is 14.4. The van der Waals surface area contributed by atoms with E-state index in [1.807, 2.05) is 13.0 Å². The van der Waals surface area contributed by atoms with E-state index in [1.165, 1.54) is 11.1 Å². The fourth-order valence-electron chi connectivity index (χ4n) is 7.57. The van der Waals surface area contributed by atoms with Gasteiger partial charge in [0.05, 0.1) is 6.10 Å². The van der Waals surface area contributed by atoms with Gasteiger partial charge in [0.15, 0.2) is 0 Å². The van der Waals surface area contributed by atoms with Crippen LogP contribution in [0.25, 0.3) is 0 Å². The average molecular weight is 491 g/mol. The summed E-state index contributed by atoms with van der Waals surface area (Å²) in [5.41, 5.74) is 5.71. The SMILES string of the molecule is C/C(NOP(=O)(O)O)=C1\CC[C@H]2[C@@H]3CCC4=C[C@@H](OP(=O)(O)O)CC[C@]4(C)[C@H]3CC[C@]12C. The number of allylic oxidation sites excluding steroid dienone is 3. The zero-order valence-electron chi connectivity index (χ0n) is 18.9. The number of fused-ring (bicyclic) bond motifs is 5. The van der Waals surface area contributed by atoms with E-state index >= 15 is 0 Å². The maximum Gasteiger partial charge on any atom is 0.491 e. The van der Waals surface area contributed by atoms with E-state index in [9.17, 15) is 18.9 Å². The summed E-state index contributed by atoms with van der Waals surface area (Å²) in [5.74, 6) is 1.59. The van der Waals surface area contributed by atoms with Crippen LogP contribution in [0, 0.1) is 28.6 Å². The molecule has 3 saturated carbocycles. The molecule has 0 amide bonds. The number of hydroxylamine groups is 1. The molecule has 0 spiro atoms. The minimum atomic E-state index is -4.60. The second-order valence-electron chi connectivity index (χ2n) is 10.5. The van der Waals surface area contributed by atoms with Crippen molar-refractivity contribution in [2.45, 2.75) is 78.2 Å². The van der Waals surface area contributed by atoms with Crippen molar-refractivity contribution in [1.29, 1.82) is 0 Å². The van der Waals surface area contributed by atoms with Crippen LogP contribution in [0.15, 0.2) is 22.9 Å². The molecule has 5 N–H and O–H groups in total. The predicted molar refractivity (Wildman–Crippen MR) is 118 cm³/mol. The third-order valence-electron chi connectivity index (χ3n) is 8.90. The molecule has 0 aromatic carbocycles. The summed E-state index contributed by atoms with van der Waals surface area (Å²) in [5, 5.41) is 0. The highest BCUT2D eigenvalue weighted by molar-refractivity contribution is 7.46. The van der Waals surface area contributed by atoms with Gasteiger partial charge < -0.3 is 19.6 Å². The van der Waals surface area contributed by atoms with Crippen LogP contribution >= 0.6 is 15.6 Å². The van der Waals surface area contributed by atoms with Crippen molar-refractivity contribution < 1.29 is 37.9 Å². The third-order valence-corrected chi connectivity index (χ3v) is 9.77. The van der Waals surface area contributed by atoms with Crippen LogP contribution in [-0.2, 0) is 18.3 Å². The minimum absolute atomic E-state index is 0.0190. The Morgan fingerprint density at radius 3 is 2.28 bits per heavy atom. The van der Waals surface area contributed by atoms with Crippen molar-refractivity contribution in [3.05, 3.63) is 22.9 Å². The van der Waals surface area contributed by atoms with Crippen LogP contribution in [0.3, 0.4) is 0 Å². The van der Waals surface area contributed by atoms with Crippen molar-refractivity contribution in [1.82, 2.24) is 5.48 Å². The lowest BCUT2D eigenvalue weighted by molar-refractivity contribution is -0.0318. The maximum absolute atomic E-state index is 11.3. The molecule has 0 radical (unpaired) electrons. The number of rotatable bonds is 5. The van der Waals surface area contributed by atoms with Gasteiger partial charge in [0.1, 0.15) is 0 Å². The molecule has 0 aliphatic heterocycles. The monoisotopic (exact) mass is 491 g/mol. The lowest BCUT2D eigenvalue weighted by Gasteiger charge is -2.58. The maximum atomic E-state index is 11.3. The Hall–Kier alpha value is -0.500. The topological polar surface area (TPSA) is 146 Å². The summed E-state index contributed by atoms with van der Waals surface area (Å²) >= 11 is 0. The average Bonchev–Trinajstić information content (AvgIpc) is 3.02. The molecule has 0 aromatic rings. The van der Waals surface area contributed by atoms with Crippen LogP contribution in [0.1, 0.15) is 72.1 Å². The van der Waals surface area contributed by atoms with Gasteiger partial charge in [-0.3, -0.25) is 10.0 Å². The third kappa shape index (κ3) is 4.56. The Morgan fingerprint density at radius 2 is 1.62 bits per heavy atom. The highest BCUT2D eigenvalue weighted by Gasteiger charge is 2.58. The quantitative estimate of drug-likeness (QED) is 0.216. The van der Waals surface area contributed by atoms with Gasteiger partial charge in [0.2, 0.25) is 0 Å². The molecule has 0 aromatic heterocycles. The van der Waals surface area contributed by atoms with Gasteiger partial charge in [-0.2, -0.15) is 4.62 Å². The van der Waals surface area contributed by atoms with Crippen LogP contribution in [-0.4, -0.2) is 25.7 Å². The molecule has 4 aliphatic rings. The van der Waals surface area contributed by atoms with E-state index in [4.69, 9.17) is 14.3 Å². The van der Waals surface area contributed by atoms with Crippen LogP contribution in [0.4, 0.5) is 0 Å². The van der Waals surface area contributed by atoms with Crippen LogP contribution < -0.4 is 5.48 Å². The van der Waals surface area contributed by atoms with Crippen LogP contribution in [0.5, 0.6) is 0 Å². The summed E-state index contributed by atoms with van der Waals surface area (Å²) in [4.78, 5) is 36.5. The number of hydrogen-bond donors (Lipinski definition) is 5. The van der Waals surface area contributed by atoms with Crippen molar-refractivity contribution >= 4 is 15.6 Å². The van der Waals surface area contributed by atoms with E-state index in [1.54, 1.807) is 0 Å². The smallest absolute Gasteiger partial charge is 0.303 e. The van der Waals surface area contributed by atoms with Gasteiger partial charge in [0, 0.05) is 5.70 Å². The van der Waals surface area contributed by atoms with Gasteiger partial charge in [-0.25, -0.2) is 9.13 Å². The molecular weight excluding hydrogens is 456 g/mol. The predicted octanol–water partition coefficient (Wildman–Crippen LogP) is 4.32. The molecule has 32 heavy (non-hydrogen) atoms. The van der Waals surface area contributed by atoms with Gasteiger partial charge in [-0.05, 0) is 92.4 Å². The molecule has 4 rings (SSSR count). The zero-order chi connectivity index (χ0) is 23.5. The van der Waals surface area contributed by atoms with Gasteiger partial charge >= 0.3 is 15.6 Å². The fourth-order valence-corrected chi connectivity index (χ4v) is 8.35. The first-order valence-electron chi connectivity index (χ1n) is 11.4. The summed E-state index contributed by atoms with van der Waals surface area (Å²) in [6.45, 7) is 6.44. The fraction of sp³-hybridized carbons (Fsp3) is 0.810. The zero-order valence-corrected chi connectivity index (χ0v) is 20.6. The molecule has 0 bridgehead atoms. The van der Waals surface area contributed by atoms with E-state index < -0.39 is 21.7 Å². The highest BCUT2D eigenvalue weighted by Crippen LogP contribution is 2.67. The number of phosphoric ester groups is 1. The van der Waals surface area contributed by atoms with E-state index in [0.717, 1.165) is 44.9 Å². The largest absolute Gasteiger partial charge is 0.491 e. The summed E-state index contributed by atoms with van der Waals surface area (Å²) in [6.07, 6.45) is 8.92. The molecule has 182 valence electrons. The molecule has 11 heteroatoms. The summed E-state index contributed by atoms with van der Waals surface area (Å²) < 4.78 is 31.9. The Bertz CT molecular complexity index is 923. The standard InChI is InChI=1S/C21H35NO8P2/c1-13(22-30-32(26,27)28)17-6-7-18-16-5-4-14-12-15(29-31(23,24)25)8-10-20(14,2)19(16)9-11-21(17,18)3/h12,15-16,18-19,22H,4-11H2,1-3H3,(H2,23,24,25)(H2,26,27,28)/b17-13-/t15-,16-,18-,19-,20-,21+/m0/s1. The number of nitrogens with one attached hydrogen (secondary N) is 1. The minimum Gasteiger partial charge on any atom is -0.303 e. The molecule has 6 atom stereocenters. The molecule has 0 unspecified atom stereocenters. The molecule has 9 nitrogen and oxygen atoms in total. The van der Waals surface area contributed by atoms with Crippen molar-refractivity contribution in [3.8, 4) is 0 Å². The normalized spacial score (nSPS) is 41.3. The lowest BCUT2D eigenvalue weighted by Crippen LogP contribution is -2.50. The molecule has 3 fully saturated rings. The van der Waals surface area contributed by atoms with Gasteiger partial charge in [-0.15, -0.1) is 0 Å². The molecule has 0 saturated heterocycles. The molecule has 4 aliphatic carbocycles. The Kier molecular flexibility index (Phi) is 6.40. The second-order valence-corrected chi connectivity index (χ2v) is 12.8. The highest BCUT2D eigenvalue weighted by atomic mass is 31.2. The second kappa shape index (κ2) is 8.31. The molecular formula is C21H35NO8P2. The summed E-state index contributed by atoms with van der Waals surface area (Å²) in [6, 6.07) is 0. The van der Waals surface area contributed by atoms with Crippen molar-refractivity contribution in [3.63, 3.8) is 0 Å². The number of phosphoric acid groups is 2. The van der Waals surface area contributed by atoms with Crippen molar-refractivity contribution in [2.24, 2.45) is 28.6 Å². The Morgan fingerprint density at radius 1 is 0.969 bits per heavy atom.